The first-order chi connectivity index (χ1) is 21.2. The second kappa shape index (κ2) is 16.0. The van der Waals surface area contributed by atoms with Crippen molar-refractivity contribution in [2.24, 2.45) is 5.92 Å². The Morgan fingerprint density at radius 2 is 1.20 bits per heavy atom. The zero-order valence-electron chi connectivity index (χ0n) is 23.5. The number of aromatic nitrogens is 1. The molecule has 46 heavy (non-hydrogen) atoms. The zero-order valence-corrected chi connectivity index (χ0v) is 23.5. The lowest BCUT2D eigenvalue weighted by Gasteiger charge is -2.36. The van der Waals surface area contributed by atoms with Crippen molar-refractivity contribution >= 4 is 17.9 Å². The highest BCUT2D eigenvalue weighted by Crippen LogP contribution is 2.52. The molecule has 2 aliphatic heterocycles. The molecule has 0 amide bonds. The average molecular weight is 678 g/mol. The number of halogens is 9. The summed E-state index contributed by atoms with van der Waals surface area (Å²) < 4.78 is 101. The molecule has 1 aromatic carbocycles. The zero-order chi connectivity index (χ0) is 34.9. The summed E-state index contributed by atoms with van der Waals surface area (Å²) in [6.45, 7) is 7.13. The summed E-state index contributed by atoms with van der Waals surface area (Å²) in [5, 5.41) is 21.4. The van der Waals surface area contributed by atoms with Crippen molar-refractivity contribution in [3.05, 3.63) is 65.5 Å². The smallest absolute Gasteiger partial charge is 0.475 e. The van der Waals surface area contributed by atoms with E-state index in [2.05, 4.69) is 51.2 Å². The third kappa shape index (κ3) is 11.4. The Morgan fingerprint density at radius 3 is 1.63 bits per heavy atom. The molecular weight excluding hydrogens is 649 g/mol. The first-order valence-electron chi connectivity index (χ1n) is 13.2. The number of carbonyl (C=O) groups is 3. The number of aliphatic carboxylic acids is 3. The van der Waals surface area contributed by atoms with Gasteiger partial charge in [-0.05, 0) is 29.2 Å². The first kappa shape index (κ1) is 38.2. The van der Waals surface area contributed by atoms with E-state index in [1.54, 1.807) is 11.1 Å². The molecule has 3 atom stereocenters. The number of carboxylic acid groups (broad SMARTS) is 3. The molecule has 0 spiro atoms. The fourth-order valence-electron chi connectivity index (χ4n) is 5.08. The quantitative estimate of drug-likeness (QED) is 0.396. The second-order valence-corrected chi connectivity index (χ2v) is 9.92. The van der Waals surface area contributed by atoms with Crippen LogP contribution in [-0.4, -0.2) is 106 Å². The molecule has 256 valence electrons. The number of morpholine rings is 1. The lowest BCUT2D eigenvalue weighted by molar-refractivity contribution is -0.193. The van der Waals surface area contributed by atoms with E-state index in [1.807, 2.05) is 12.3 Å². The van der Waals surface area contributed by atoms with E-state index >= 15 is 0 Å². The Balaban J connectivity index is 0.000000289. The standard InChI is InChI=1S/C21H25N3O.3C2HF3O2/c1-2-7-18-17(6-1)19-14-23(13-16-5-3-4-8-22-16)15-20(19)21(18)24-9-11-25-12-10-24;3*3-2(4,5)1(6)7/h1-8,19-21H,9-15H2;3*(H,6,7)/t19-,20-,21-;;;/m0.../s1. The Bertz CT molecular complexity index is 1250. The number of hydrogen-bond acceptors (Lipinski definition) is 7. The van der Waals surface area contributed by atoms with Gasteiger partial charge in [-0.25, -0.2) is 14.4 Å². The molecule has 3 N–H and O–H groups in total. The Morgan fingerprint density at radius 1 is 0.739 bits per heavy atom. The van der Waals surface area contributed by atoms with Gasteiger partial charge >= 0.3 is 36.4 Å². The van der Waals surface area contributed by atoms with Crippen LogP contribution in [0.5, 0.6) is 0 Å². The van der Waals surface area contributed by atoms with Gasteiger partial charge in [-0.2, -0.15) is 39.5 Å². The Kier molecular flexibility index (Phi) is 13.3. The Hall–Kier alpha value is -3.97. The molecule has 3 aliphatic rings. The van der Waals surface area contributed by atoms with Crippen molar-refractivity contribution in [2.45, 2.75) is 37.0 Å². The lowest BCUT2D eigenvalue weighted by atomic mass is 9.93. The highest BCUT2D eigenvalue weighted by atomic mass is 19.4. The lowest BCUT2D eigenvalue weighted by Crippen LogP contribution is -2.41. The molecule has 19 heteroatoms. The minimum absolute atomic E-state index is 0.554. The summed E-state index contributed by atoms with van der Waals surface area (Å²) in [5.41, 5.74) is 4.32. The fraction of sp³-hybridized carbons (Fsp3) is 0.481. The number of rotatable bonds is 3. The topological polar surface area (TPSA) is 140 Å². The maximum Gasteiger partial charge on any atom is 0.490 e. The van der Waals surface area contributed by atoms with Crippen LogP contribution < -0.4 is 0 Å². The van der Waals surface area contributed by atoms with Crippen LogP contribution >= 0.6 is 0 Å². The van der Waals surface area contributed by atoms with Crippen LogP contribution in [0.1, 0.15) is 28.8 Å². The summed E-state index contributed by atoms with van der Waals surface area (Å²) in [6, 6.07) is 15.9. The molecule has 10 nitrogen and oxygen atoms in total. The molecular formula is C27H28F9N3O7. The molecule has 1 aliphatic carbocycles. The van der Waals surface area contributed by atoms with Gasteiger partial charge in [-0.1, -0.05) is 30.3 Å². The highest BCUT2D eigenvalue weighted by Gasteiger charge is 2.48. The van der Waals surface area contributed by atoms with Crippen molar-refractivity contribution in [2.75, 3.05) is 39.4 Å². The minimum atomic E-state index is -5.08. The van der Waals surface area contributed by atoms with Crippen LogP contribution in [0.4, 0.5) is 39.5 Å². The van der Waals surface area contributed by atoms with E-state index in [0.717, 1.165) is 45.9 Å². The fourth-order valence-corrected chi connectivity index (χ4v) is 5.08. The SMILES string of the molecule is O=C(O)C(F)(F)F.O=C(O)C(F)(F)F.O=C(O)C(F)(F)F.c1ccc(CN2C[C@H]3[C@@H](C2)c2ccccc2[C@@H]3N2CCOCC2)nc1. The van der Waals surface area contributed by atoms with Crippen molar-refractivity contribution in [1.82, 2.24) is 14.8 Å². The summed E-state index contributed by atoms with van der Waals surface area (Å²) in [7, 11) is 0. The number of pyridine rings is 1. The largest absolute Gasteiger partial charge is 0.490 e. The molecule has 0 saturated carbocycles. The normalized spacial score (nSPS) is 21.2. The summed E-state index contributed by atoms with van der Waals surface area (Å²) in [5.74, 6) is -6.92. The van der Waals surface area contributed by atoms with E-state index in [9.17, 15) is 39.5 Å². The number of ether oxygens (including phenoxy) is 1. The number of hydrogen-bond donors (Lipinski definition) is 3. The van der Waals surface area contributed by atoms with Crippen LogP contribution in [0.3, 0.4) is 0 Å². The van der Waals surface area contributed by atoms with Crippen molar-refractivity contribution in [3.63, 3.8) is 0 Å². The van der Waals surface area contributed by atoms with Gasteiger partial charge in [-0.3, -0.25) is 14.8 Å². The van der Waals surface area contributed by atoms with Gasteiger partial charge in [0, 0.05) is 50.9 Å². The van der Waals surface area contributed by atoms with Gasteiger partial charge in [0.1, 0.15) is 0 Å². The van der Waals surface area contributed by atoms with Crippen molar-refractivity contribution < 1.29 is 74.0 Å². The van der Waals surface area contributed by atoms with E-state index in [-0.39, 0.29) is 0 Å². The second-order valence-electron chi connectivity index (χ2n) is 9.92. The van der Waals surface area contributed by atoms with E-state index in [0.29, 0.717) is 17.9 Å². The van der Waals surface area contributed by atoms with Crippen molar-refractivity contribution in [3.8, 4) is 0 Å². The number of fused-ring (bicyclic) bond motifs is 3. The van der Waals surface area contributed by atoms with Crippen LogP contribution in [0, 0.1) is 5.92 Å². The third-order valence-corrected chi connectivity index (χ3v) is 6.84. The Labute approximate surface area is 255 Å². The number of likely N-dealkylation sites (tertiary alicyclic amines) is 1. The van der Waals surface area contributed by atoms with Gasteiger partial charge in [-0.15, -0.1) is 0 Å². The van der Waals surface area contributed by atoms with E-state index in [1.165, 1.54) is 5.69 Å². The van der Waals surface area contributed by atoms with Crippen LogP contribution in [0.15, 0.2) is 48.7 Å². The van der Waals surface area contributed by atoms with Crippen LogP contribution in [0.25, 0.3) is 0 Å². The predicted octanol–water partition coefficient (Wildman–Crippen LogP) is 4.58. The van der Waals surface area contributed by atoms with Crippen LogP contribution in [0.2, 0.25) is 0 Å². The minimum Gasteiger partial charge on any atom is -0.475 e. The van der Waals surface area contributed by atoms with E-state index < -0.39 is 36.4 Å². The van der Waals surface area contributed by atoms with Crippen LogP contribution in [-0.2, 0) is 25.7 Å². The number of alkyl halides is 9. The molecule has 3 heterocycles. The molecule has 2 saturated heterocycles. The van der Waals surface area contributed by atoms with Gasteiger partial charge in [0.25, 0.3) is 0 Å². The molecule has 0 bridgehead atoms. The highest BCUT2D eigenvalue weighted by molar-refractivity contribution is 5.73. The van der Waals surface area contributed by atoms with Gasteiger partial charge in [0.05, 0.1) is 18.9 Å². The number of carboxylic acids is 3. The van der Waals surface area contributed by atoms with Gasteiger partial charge in [0.15, 0.2) is 0 Å². The average Bonchev–Trinajstić information content (AvgIpc) is 3.50. The third-order valence-electron chi connectivity index (χ3n) is 6.84. The first-order valence-corrected chi connectivity index (χ1v) is 13.2. The molecule has 2 fully saturated rings. The summed E-state index contributed by atoms with van der Waals surface area (Å²) >= 11 is 0. The number of benzene rings is 1. The number of nitrogens with zero attached hydrogens (tertiary/aromatic N) is 3. The molecule has 2 aromatic rings. The van der Waals surface area contributed by atoms with Crippen molar-refractivity contribution in [1.29, 1.82) is 0 Å². The maximum absolute atomic E-state index is 10.6. The molecule has 5 rings (SSSR count). The monoisotopic (exact) mass is 677 g/mol. The summed E-state index contributed by atoms with van der Waals surface area (Å²) in [6.07, 6.45) is -13.3. The van der Waals surface area contributed by atoms with Gasteiger partial charge < -0.3 is 20.1 Å². The molecule has 0 radical (unpaired) electrons. The predicted molar refractivity (Wildman–Crippen MR) is 138 cm³/mol. The van der Waals surface area contributed by atoms with Gasteiger partial charge in [0.2, 0.25) is 0 Å². The van der Waals surface area contributed by atoms with E-state index in [4.69, 9.17) is 34.4 Å². The summed E-state index contributed by atoms with van der Waals surface area (Å²) in [4.78, 5) is 36.5. The molecule has 1 aromatic heterocycles. The maximum atomic E-state index is 10.6. The molecule has 0 unspecified atom stereocenters.